The number of nitrogens with one attached hydrogen (secondary N) is 1. The molecule has 0 saturated carbocycles. The van der Waals surface area contributed by atoms with Gasteiger partial charge in [0.1, 0.15) is 10.6 Å². The second kappa shape index (κ2) is 4.99. The maximum absolute atomic E-state index is 12.2. The van der Waals surface area contributed by atoms with Crippen LogP contribution in [-0.2, 0) is 10.0 Å². The highest BCUT2D eigenvalue weighted by molar-refractivity contribution is 7.92. The Labute approximate surface area is 115 Å². The zero-order valence-corrected chi connectivity index (χ0v) is 11.2. The molecule has 2 rings (SSSR count). The highest BCUT2D eigenvalue weighted by atomic mass is 35.5. The smallest absolute Gasteiger partial charge is 0.263 e. The van der Waals surface area contributed by atoms with Gasteiger partial charge in [-0.3, -0.25) is 4.72 Å². The number of hydrogen-bond acceptors (Lipinski definition) is 4. The molecule has 0 spiro atoms. The van der Waals surface area contributed by atoms with Crippen LogP contribution in [0.2, 0.25) is 5.02 Å². The standard InChI is InChI=1S/C12H11ClN2O3S/c13-11-5-4-8(14)6-12(11)19(17,18)15-9-2-1-3-10(16)7-9/h1-7,15-16H,14H2. The molecule has 5 nitrogen and oxygen atoms in total. The third kappa shape index (κ3) is 3.10. The number of nitrogens with two attached hydrogens (primary N) is 1. The molecular formula is C12H11ClN2O3S. The Bertz CT molecular complexity index is 717. The van der Waals surface area contributed by atoms with E-state index in [1.54, 1.807) is 0 Å². The summed E-state index contributed by atoms with van der Waals surface area (Å²) in [6.45, 7) is 0. The zero-order chi connectivity index (χ0) is 14.0. The van der Waals surface area contributed by atoms with Crippen LogP contribution in [0.3, 0.4) is 0 Å². The third-order valence-corrected chi connectivity index (χ3v) is 4.21. The van der Waals surface area contributed by atoms with E-state index in [1.807, 2.05) is 0 Å². The molecule has 0 unspecified atom stereocenters. The van der Waals surface area contributed by atoms with E-state index in [2.05, 4.69) is 4.72 Å². The summed E-state index contributed by atoms with van der Waals surface area (Å²) in [4.78, 5) is -0.113. The van der Waals surface area contributed by atoms with Crippen molar-refractivity contribution in [2.45, 2.75) is 4.90 Å². The van der Waals surface area contributed by atoms with E-state index in [1.165, 1.54) is 42.5 Å². The summed E-state index contributed by atoms with van der Waals surface area (Å²) in [5.74, 6) is -0.0427. The highest BCUT2D eigenvalue weighted by Crippen LogP contribution is 2.26. The Balaban J connectivity index is 2.40. The normalized spacial score (nSPS) is 11.2. The van der Waals surface area contributed by atoms with E-state index in [0.29, 0.717) is 5.69 Å². The summed E-state index contributed by atoms with van der Waals surface area (Å²) in [5.41, 5.74) is 6.08. The van der Waals surface area contributed by atoms with Crippen molar-refractivity contribution in [1.82, 2.24) is 0 Å². The largest absolute Gasteiger partial charge is 0.508 e. The minimum Gasteiger partial charge on any atom is -0.508 e. The SMILES string of the molecule is Nc1ccc(Cl)c(S(=O)(=O)Nc2cccc(O)c2)c1. The Morgan fingerprint density at radius 3 is 2.58 bits per heavy atom. The number of aromatic hydroxyl groups is 1. The van der Waals surface area contributed by atoms with Gasteiger partial charge in [-0.15, -0.1) is 0 Å². The van der Waals surface area contributed by atoms with Crippen molar-refractivity contribution in [2.24, 2.45) is 0 Å². The van der Waals surface area contributed by atoms with Crippen molar-refractivity contribution >= 4 is 33.0 Å². The second-order valence-electron chi connectivity index (χ2n) is 3.85. The minimum atomic E-state index is -3.86. The number of phenols is 1. The van der Waals surface area contributed by atoms with Gasteiger partial charge in [0.15, 0.2) is 0 Å². The number of benzene rings is 2. The molecule has 0 aliphatic carbocycles. The number of phenolic OH excluding ortho intramolecular Hbond substituents is 1. The number of rotatable bonds is 3. The van der Waals surface area contributed by atoms with Crippen LogP contribution in [0.15, 0.2) is 47.4 Å². The van der Waals surface area contributed by atoms with Gasteiger partial charge in [-0.25, -0.2) is 8.42 Å². The van der Waals surface area contributed by atoms with Gasteiger partial charge in [-0.2, -0.15) is 0 Å². The van der Waals surface area contributed by atoms with E-state index in [4.69, 9.17) is 17.3 Å². The molecule has 0 aliphatic heterocycles. The average Bonchev–Trinajstić information content (AvgIpc) is 2.31. The lowest BCUT2D eigenvalue weighted by atomic mass is 10.3. The molecule has 2 aromatic rings. The van der Waals surface area contributed by atoms with Gasteiger partial charge < -0.3 is 10.8 Å². The van der Waals surface area contributed by atoms with Gasteiger partial charge in [0.25, 0.3) is 10.0 Å². The molecule has 0 heterocycles. The molecule has 0 radical (unpaired) electrons. The predicted molar refractivity (Wildman–Crippen MR) is 74.8 cm³/mol. The fourth-order valence-corrected chi connectivity index (χ4v) is 3.09. The summed E-state index contributed by atoms with van der Waals surface area (Å²) in [6, 6.07) is 9.95. The molecule has 4 N–H and O–H groups in total. The first-order chi connectivity index (χ1) is 8.88. The van der Waals surface area contributed by atoms with Crippen molar-refractivity contribution in [1.29, 1.82) is 0 Å². The highest BCUT2D eigenvalue weighted by Gasteiger charge is 2.18. The lowest BCUT2D eigenvalue weighted by Gasteiger charge is -2.10. The first-order valence-corrected chi connectivity index (χ1v) is 7.11. The number of nitrogen functional groups attached to an aromatic ring is 1. The molecule has 0 amide bonds. The Kier molecular flexibility index (Phi) is 3.55. The molecule has 7 heteroatoms. The Hall–Kier alpha value is -1.92. The summed E-state index contributed by atoms with van der Waals surface area (Å²) >= 11 is 5.85. The Morgan fingerprint density at radius 2 is 1.89 bits per heavy atom. The lowest BCUT2D eigenvalue weighted by molar-refractivity contribution is 0.475. The number of halogens is 1. The van der Waals surface area contributed by atoms with Crippen LogP contribution >= 0.6 is 11.6 Å². The van der Waals surface area contributed by atoms with Crippen LogP contribution in [-0.4, -0.2) is 13.5 Å². The van der Waals surface area contributed by atoms with Gasteiger partial charge >= 0.3 is 0 Å². The average molecular weight is 299 g/mol. The molecular weight excluding hydrogens is 288 g/mol. The molecule has 0 aromatic heterocycles. The molecule has 2 aromatic carbocycles. The number of sulfonamides is 1. The maximum Gasteiger partial charge on any atom is 0.263 e. The third-order valence-electron chi connectivity index (χ3n) is 2.34. The first kappa shape index (κ1) is 13.5. The van der Waals surface area contributed by atoms with Crippen LogP contribution in [0, 0.1) is 0 Å². The molecule has 0 fully saturated rings. The van der Waals surface area contributed by atoms with Crippen molar-refractivity contribution in [3.05, 3.63) is 47.5 Å². The second-order valence-corrected chi connectivity index (χ2v) is 5.90. The lowest BCUT2D eigenvalue weighted by Crippen LogP contribution is -2.13. The Morgan fingerprint density at radius 1 is 1.16 bits per heavy atom. The molecule has 19 heavy (non-hydrogen) atoms. The summed E-state index contributed by atoms with van der Waals surface area (Å²) in [7, 11) is -3.86. The van der Waals surface area contributed by atoms with E-state index >= 15 is 0 Å². The molecule has 0 atom stereocenters. The van der Waals surface area contributed by atoms with Crippen molar-refractivity contribution in [3.8, 4) is 5.75 Å². The summed E-state index contributed by atoms with van der Waals surface area (Å²) < 4.78 is 26.6. The zero-order valence-electron chi connectivity index (χ0n) is 9.67. The molecule has 100 valence electrons. The van der Waals surface area contributed by atoms with Crippen molar-refractivity contribution in [3.63, 3.8) is 0 Å². The van der Waals surface area contributed by atoms with Crippen LogP contribution < -0.4 is 10.5 Å². The molecule has 0 saturated heterocycles. The van der Waals surface area contributed by atoms with Crippen LogP contribution in [0.4, 0.5) is 11.4 Å². The van der Waals surface area contributed by atoms with Gasteiger partial charge in [0, 0.05) is 11.8 Å². The minimum absolute atomic E-state index is 0.0427. The monoisotopic (exact) mass is 298 g/mol. The van der Waals surface area contributed by atoms with Gasteiger partial charge in [0.05, 0.1) is 10.7 Å². The van der Waals surface area contributed by atoms with E-state index < -0.39 is 10.0 Å². The topological polar surface area (TPSA) is 92.4 Å². The van der Waals surface area contributed by atoms with Crippen molar-refractivity contribution in [2.75, 3.05) is 10.5 Å². The summed E-state index contributed by atoms with van der Waals surface area (Å²) in [6.07, 6.45) is 0. The van der Waals surface area contributed by atoms with Crippen LogP contribution in [0.1, 0.15) is 0 Å². The number of anilines is 2. The molecule has 0 bridgehead atoms. The molecule has 0 aliphatic rings. The maximum atomic E-state index is 12.2. The van der Waals surface area contributed by atoms with Gasteiger partial charge in [-0.1, -0.05) is 17.7 Å². The van der Waals surface area contributed by atoms with Crippen LogP contribution in [0.25, 0.3) is 0 Å². The first-order valence-electron chi connectivity index (χ1n) is 5.25. The van der Waals surface area contributed by atoms with Crippen LogP contribution in [0.5, 0.6) is 5.75 Å². The quantitative estimate of drug-likeness (QED) is 0.759. The van der Waals surface area contributed by atoms with E-state index in [0.717, 1.165) is 0 Å². The van der Waals surface area contributed by atoms with Crippen molar-refractivity contribution < 1.29 is 13.5 Å². The van der Waals surface area contributed by atoms with Gasteiger partial charge in [0.2, 0.25) is 0 Å². The predicted octanol–water partition coefficient (Wildman–Crippen LogP) is 2.43. The van der Waals surface area contributed by atoms with Gasteiger partial charge in [-0.05, 0) is 30.3 Å². The fourth-order valence-electron chi connectivity index (χ4n) is 1.51. The van der Waals surface area contributed by atoms with E-state index in [-0.39, 0.29) is 21.4 Å². The fraction of sp³-hybridized carbons (Fsp3) is 0. The number of hydrogen-bond donors (Lipinski definition) is 3. The van der Waals surface area contributed by atoms with E-state index in [9.17, 15) is 13.5 Å². The summed E-state index contributed by atoms with van der Waals surface area (Å²) in [5, 5.41) is 9.37.